The van der Waals surface area contributed by atoms with Crippen LogP contribution in [0, 0.1) is 5.92 Å². The van der Waals surface area contributed by atoms with Crippen molar-refractivity contribution in [1.29, 1.82) is 0 Å². The summed E-state index contributed by atoms with van der Waals surface area (Å²) in [6.07, 6.45) is 7.17. The van der Waals surface area contributed by atoms with E-state index in [1.807, 2.05) is 4.90 Å². The zero-order valence-electron chi connectivity index (χ0n) is 11.2. The normalized spacial score (nSPS) is 25.5. The second-order valence-electron chi connectivity index (χ2n) is 5.59. The lowest BCUT2D eigenvalue weighted by molar-refractivity contribution is -0.133. The smallest absolute Gasteiger partial charge is 0.358 e. The van der Waals surface area contributed by atoms with E-state index in [0.29, 0.717) is 12.0 Å². The van der Waals surface area contributed by atoms with Crippen LogP contribution < -0.4 is 0 Å². The van der Waals surface area contributed by atoms with Crippen molar-refractivity contribution >= 4 is 11.9 Å². The zero-order chi connectivity index (χ0) is 14.1. The topological polar surface area (TPSA) is 88.3 Å². The number of hydrogen-bond donors (Lipinski definition) is 1. The van der Waals surface area contributed by atoms with Gasteiger partial charge in [-0.25, -0.2) is 9.48 Å². The first kappa shape index (κ1) is 13.1. The van der Waals surface area contributed by atoms with Crippen LogP contribution in [-0.2, 0) is 11.3 Å². The number of likely N-dealkylation sites (tertiary alicyclic amines) is 1. The van der Waals surface area contributed by atoms with E-state index in [9.17, 15) is 9.59 Å². The Kier molecular flexibility index (Phi) is 3.42. The predicted molar refractivity (Wildman–Crippen MR) is 69.1 cm³/mol. The highest BCUT2D eigenvalue weighted by Crippen LogP contribution is 2.36. The number of hydrogen-bond acceptors (Lipinski definition) is 4. The third kappa shape index (κ3) is 2.39. The molecule has 0 spiro atoms. The van der Waals surface area contributed by atoms with Gasteiger partial charge in [0.2, 0.25) is 5.91 Å². The Balaban J connectivity index is 1.65. The molecule has 7 heteroatoms. The molecule has 1 saturated carbocycles. The third-order valence-corrected chi connectivity index (χ3v) is 4.39. The molecule has 1 aliphatic carbocycles. The molecule has 108 valence electrons. The molecule has 2 heterocycles. The standard InChI is InChI=1S/C13H18N4O3/c18-12(8-16-7-10(13(19)20)14-15-16)17-6-5-9-3-1-2-4-11(9)17/h7,9,11H,1-6,8H2,(H,19,20). The fraction of sp³-hybridized carbons (Fsp3) is 0.692. The van der Waals surface area contributed by atoms with Crippen LogP contribution in [-0.4, -0.2) is 49.5 Å². The molecule has 1 aliphatic heterocycles. The number of amides is 1. The Labute approximate surface area is 116 Å². The highest BCUT2D eigenvalue weighted by atomic mass is 16.4. The van der Waals surface area contributed by atoms with Gasteiger partial charge in [0.15, 0.2) is 5.69 Å². The van der Waals surface area contributed by atoms with Crippen LogP contribution in [0.1, 0.15) is 42.6 Å². The lowest BCUT2D eigenvalue weighted by atomic mass is 9.85. The van der Waals surface area contributed by atoms with Crippen LogP contribution in [0.5, 0.6) is 0 Å². The van der Waals surface area contributed by atoms with Crippen LogP contribution in [0.2, 0.25) is 0 Å². The SMILES string of the molecule is O=C(O)c1cn(CC(=O)N2CCC3CCCCC32)nn1. The van der Waals surface area contributed by atoms with Gasteiger partial charge in [-0.05, 0) is 25.2 Å². The quantitative estimate of drug-likeness (QED) is 0.882. The van der Waals surface area contributed by atoms with Crippen molar-refractivity contribution in [2.45, 2.75) is 44.7 Å². The molecule has 1 aromatic rings. The van der Waals surface area contributed by atoms with Crippen molar-refractivity contribution < 1.29 is 14.7 Å². The number of fused-ring (bicyclic) bond motifs is 1. The van der Waals surface area contributed by atoms with Crippen molar-refractivity contribution in [2.24, 2.45) is 5.92 Å². The Hall–Kier alpha value is -1.92. The van der Waals surface area contributed by atoms with Gasteiger partial charge in [0.1, 0.15) is 6.54 Å². The van der Waals surface area contributed by atoms with Gasteiger partial charge in [-0.2, -0.15) is 0 Å². The lowest BCUT2D eigenvalue weighted by Gasteiger charge is -2.31. The van der Waals surface area contributed by atoms with Crippen LogP contribution in [0.3, 0.4) is 0 Å². The van der Waals surface area contributed by atoms with E-state index in [4.69, 9.17) is 5.11 Å². The molecule has 0 bridgehead atoms. The van der Waals surface area contributed by atoms with Crippen LogP contribution >= 0.6 is 0 Å². The molecule has 0 radical (unpaired) electrons. The summed E-state index contributed by atoms with van der Waals surface area (Å²) >= 11 is 0. The van der Waals surface area contributed by atoms with E-state index in [1.54, 1.807) is 0 Å². The van der Waals surface area contributed by atoms with E-state index in [1.165, 1.54) is 30.1 Å². The van der Waals surface area contributed by atoms with E-state index in [-0.39, 0.29) is 18.1 Å². The molecule has 1 N–H and O–H groups in total. The number of carbonyl (C=O) groups is 2. The number of carboxylic acids is 1. The first-order chi connectivity index (χ1) is 9.65. The van der Waals surface area contributed by atoms with Gasteiger partial charge in [-0.15, -0.1) is 5.10 Å². The molecule has 1 saturated heterocycles. The first-order valence-corrected chi connectivity index (χ1v) is 7.08. The van der Waals surface area contributed by atoms with Gasteiger partial charge in [-0.3, -0.25) is 4.79 Å². The van der Waals surface area contributed by atoms with Gasteiger partial charge >= 0.3 is 5.97 Å². The lowest BCUT2D eigenvalue weighted by Crippen LogP contribution is -2.41. The van der Waals surface area contributed by atoms with Crippen molar-refractivity contribution in [1.82, 2.24) is 19.9 Å². The summed E-state index contributed by atoms with van der Waals surface area (Å²) in [6.45, 7) is 0.887. The molecule has 2 fully saturated rings. The van der Waals surface area contributed by atoms with Crippen LogP contribution in [0.15, 0.2) is 6.20 Å². The van der Waals surface area contributed by atoms with Gasteiger partial charge in [0.05, 0.1) is 6.20 Å². The molecular weight excluding hydrogens is 260 g/mol. The van der Waals surface area contributed by atoms with E-state index >= 15 is 0 Å². The number of aromatic nitrogens is 3. The summed E-state index contributed by atoms with van der Waals surface area (Å²) in [5, 5.41) is 16.0. The van der Waals surface area contributed by atoms with Crippen molar-refractivity contribution in [3.05, 3.63) is 11.9 Å². The van der Waals surface area contributed by atoms with Gasteiger partial charge in [-0.1, -0.05) is 18.1 Å². The monoisotopic (exact) mass is 278 g/mol. The molecule has 1 aromatic heterocycles. The molecule has 3 rings (SSSR count). The minimum atomic E-state index is -1.13. The summed E-state index contributed by atoms with van der Waals surface area (Å²) in [7, 11) is 0. The first-order valence-electron chi connectivity index (χ1n) is 7.08. The second-order valence-corrected chi connectivity index (χ2v) is 5.59. The number of nitrogens with zero attached hydrogens (tertiary/aromatic N) is 4. The van der Waals surface area contributed by atoms with Crippen LogP contribution in [0.25, 0.3) is 0 Å². The van der Waals surface area contributed by atoms with Crippen molar-refractivity contribution in [3.63, 3.8) is 0 Å². The summed E-state index contributed by atoms with van der Waals surface area (Å²) < 4.78 is 1.31. The highest BCUT2D eigenvalue weighted by Gasteiger charge is 2.38. The van der Waals surface area contributed by atoms with Crippen LogP contribution in [0.4, 0.5) is 0 Å². The molecule has 2 unspecified atom stereocenters. The summed E-state index contributed by atoms with van der Waals surface area (Å²) in [6, 6.07) is 0.374. The number of aromatic carboxylic acids is 1. The molecule has 7 nitrogen and oxygen atoms in total. The van der Waals surface area contributed by atoms with Gasteiger partial charge in [0, 0.05) is 12.6 Å². The maximum atomic E-state index is 12.3. The molecule has 0 aromatic carbocycles. The maximum absolute atomic E-state index is 12.3. The summed E-state index contributed by atoms with van der Waals surface area (Å²) in [5.41, 5.74) is -0.130. The molecule has 2 aliphatic rings. The molecule has 20 heavy (non-hydrogen) atoms. The molecule has 2 atom stereocenters. The Bertz CT molecular complexity index is 527. The Morgan fingerprint density at radius 3 is 2.85 bits per heavy atom. The molecule has 1 amide bonds. The number of carbonyl (C=O) groups excluding carboxylic acids is 1. The minimum absolute atomic E-state index is 0.0150. The average Bonchev–Trinajstić information content (AvgIpc) is 3.04. The third-order valence-electron chi connectivity index (χ3n) is 4.39. The Morgan fingerprint density at radius 1 is 1.30 bits per heavy atom. The van der Waals surface area contributed by atoms with E-state index < -0.39 is 5.97 Å². The van der Waals surface area contributed by atoms with E-state index in [2.05, 4.69) is 10.3 Å². The summed E-state index contributed by atoms with van der Waals surface area (Å²) in [5.74, 6) is -0.462. The van der Waals surface area contributed by atoms with Gasteiger partial charge < -0.3 is 10.0 Å². The largest absolute Gasteiger partial charge is 0.476 e. The van der Waals surface area contributed by atoms with Crippen molar-refractivity contribution in [3.8, 4) is 0 Å². The summed E-state index contributed by atoms with van der Waals surface area (Å²) in [4.78, 5) is 25.0. The fourth-order valence-corrected chi connectivity index (χ4v) is 3.42. The van der Waals surface area contributed by atoms with Gasteiger partial charge in [0.25, 0.3) is 0 Å². The second kappa shape index (κ2) is 5.22. The zero-order valence-corrected chi connectivity index (χ0v) is 11.2. The Morgan fingerprint density at radius 2 is 2.10 bits per heavy atom. The number of rotatable bonds is 3. The number of carboxylic acid groups (broad SMARTS) is 1. The fourth-order valence-electron chi connectivity index (χ4n) is 3.42. The predicted octanol–water partition coefficient (Wildman–Crippen LogP) is 0.767. The minimum Gasteiger partial charge on any atom is -0.476 e. The average molecular weight is 278 g/mol. The highest BCUT2D eigenvalue weighted by molar-refractivity contribution is 5.84. The van der Waals surface area contributed by atoms with E-state index in [0.717, 1.165) is 19.4 Å². The maximum Gasteiger partial charge on any atom is 0.358 e. The molecular formula is C13H18N4O3. The van der Waals surface area contributed by atoms with Crippen molar-refractivity contribution in [2.75, 3.05) is 6.54 Å².